The summed E-state index contributed by atoms with van der Waals surface area (Å²) in [4.78, 5) is 13.7. The quantitative estimate of drug-likeness (QED) is 0.253. The molecule has 1 fully saturated rings. The van der Waals surface area contributed by atoms with Crippen LogP contribution in [-0.2, 0) is 9.53 Å². The van der Waals surface area contributed by atoms with Crippen LogP contribution in [0.3, 0.4) is 0 Å². The zero-order valence-electron chi connectivity index (χ0n) is 18.5. The first-order chi connectivity index (χ1) is 14.9. The Bertz CT molecular complexity index is 1140. The summed E-state index contributed by atoms with van der Waals surface area (Å²) in [6, 6.07) is 12.9. The molecule has 1 aliphatic rings. The molecule has 3 nitrogen and oxygen atoms in total. The summed E-state index contributed by atoms with van der Waals surface area (Å²) >= 11 is 0. The SMILES string of the molecule is C#CC1(OC(=O)COc2c(C)cc(-[s+]3cc(C)c4ccccc43)cc2C)CCCCC1. The third-order valence-electron chi connectivity index (χ3n) is 6.10. The lowest BCUT2D eigenvalue weighted by atomic mass is 9.85. The fourth-order valence-corrected chi connectivity index (χ4v) is 6.82. The molecule has 2 aromatic carbocycles. The molecule has 0 aliphatic heterocycles. The van der Waals surface area contributed by atoms with Crippen molar-refractivity contribution in [3.8, 4) is 23.0 Å². The number of carbonyl (C=O) groups excluding carboxylic acids is 1. The van der Waals surface area contributed by atoms with Crippen LogP contribution in [0.2, 0.25) is 0 Å². The molecule has 0 spiro atoms. The zero-order chi connectivity index (χ0) is 22.0. The molecule has 0 bridgehead atoms. The predicted molar refractivity (Wildman–Crippen MR) is 128 cm³/mol. The van der Waals surface area contributed by atoms with Crippen molar-refractivity contribution in [3.63, 3.8) is 0 Å². The summed E-state index contributed by atoms with van der Waals surface area (Å²) < 4.78 is 13.0. The Morgan fingerprint density at radius 2 is 1.74 bits per heavy atom. The number of thiophene rings is 1. The summed E-state index contributed by atoms with van der Waals surface area (Å²) in [6.45, 7) is 6.11. The molecule has 31 heavy (non-hydrogen) atoms. The number of ether oxygens (including phenoxy) is 2. The van der Waals surface area contributed by atoms with Gasteiger partial charge in [-0.1, -0.05) is 24.5 Å². The highest BCUT2D eigenvalue weighted by atomic mass is 32.2. The van der Waals surface area contributed by atoms with Crippen molar-refractivity contribution in [2.24, 2.45) is 0 Å². The predicted octanol–water partition coefficient (Wildman–Crippen LogP) is 6.76. The number of esters is 1. The van der Waals surface area contributed by atoms with E-state index >= 15 is 0 Å². The minimum absolute atomic E-state index is 0.0805. The number of benzene rings is 2. The largest absolute Gasteiger partial charge is 0.481 e. The second-order valence-electron chi connectivity index (χ2n) is 8.48. The Morgan fingerprint density at radius 1 is 1.06 bits per heavy atom. The molecule has 1 heterocycles. The molecule has 0 N–H and O–H groups in total. The third kappa shape index (κ3) is 4.34. The minimum Gasteiger partial charge on any atom is -0.481 e. The van der Waals surface area contributed by atoms with Gasteiger partial charge in [0.25, 0.3) is 0 Å². The number of fused-ring (bicyclic) bond motifs is 1. The average molecular weight is 434 g/mol. The van der Waals surface area contributed by atoms with Crippen molar-refractivity contribution in [2.45, 2.75) is 58.5 Å². The fraction of sp³-hybridized carbons (Fsp3) is 0.370. The van der Waals surface area contributed by atoms with Crippen LogP contribution in [0.1, 0.15) is 48.8 Å². The topological polar surface area (TPSA) is 35.5 Å². The van der Waals surface area contributed by atoms with Crippen molar-refractivity contribution in [2.75, 3.05) is 6.61 Å². The van der Waals surface area contributed by atoms with E-state index in [-0.39, 0.29) is 17.1 Å². The molecular formula is C27H29O3S+. The summed E-state index contributed by atoms with van der Waals surface area (Å²) in [5.41, 5.74) is 2.61. The van der Waals surface area contributed by atoms with Crippen LogP contribution >= 0.6 is 10.5 Å². The number of aryl methyl sites for hydroxylation is 3. The van der Waals surface area contributed by atoms with Crippen LogP contribution in [-0.4, -0.2) is 18.2 Å². The molecule has 4 heteroatoms. The first kappa shape index (κ1) is 21.5. The molecule has 1 aliphatic carbocycles. The Morgan fingerprint density at radius 3 is 2.42 bits per heavy atom. The number of hydrogen-bond donors (Lipinski definition) is 0. The van der Waals surface area contributed by atoms with Crippen LogP contribution in [0, 0.1) is 33.1 Å². The van der Waals surface area contributed by atoms with Crippen molar-refractivity contribution < 1.29 is 14.3 Å². The lowest BCUT2D eigenvalue weighted by molar-refractivity contribution is -0.159. The number of terminal acetylenes is 1. The van der Waals surface area contributed by atoms with Gasteiger partial charge in [0.2, 0.25) is 0 Å². The van der Waals surface area contributed by atoms with Gasteiger partial charge in [-0.3, -0.25) is 0 Å². The molecule has 1 aromatic heterocycles. The van der Waals surface area contributed by atoms with E-state index in [4.69, 9.17) is 15.9 Å². The fourth-order valence-electron chi connectivity index (χ4n) is 4.53. The van der Waals surface area contributed by atoms with E-state index < -0.39 is 11.6 Å². The van der Waals surface area contributed by atoms with Gasteiger partial charge in [-0.2, -0.15) is 0 Å². The molecule has 0 saturated heterocycles. The van der Waals surface area contributed by atoms with Crippen LogP contribution < -0.4 is 4.74 Å². The van der Waals surface area contributed by atoms with Crippen LogP contribution in [0.15, 0.2) is 41.8 Å². The lowest BCUT2D eigenvalue weighted by Crippen LogP contribution is -2.37. The molecule has 1 saturated carbocycles. The first-order valence-corrected chi connectivity index (χ1v) is 12.2. The summed E-state index contributed by atoms with van der Waals surface area (Å²) in [6.07, 6.45) is 10.3. The van der Waals surface area contributed by atoms with E-state index in [0.29, 0.717) is 0 Å². The summed E-state index contributed by atoms with van der Waals surface area (Å²) in [5.74, 6) is 3.07. The highest BCUT2D eigenvalue weighted by Crippen LogP contribution is 2.44. The molecular weight excluding hydrogens is 404 g/mol. The van der Waals surface area contributed by atoms with Crippen molar-refractivity contribution in [1.29, 1.82) is 0 Å². The normalized spacial score (nSPS) is 16.0. The minimum atomic E-state index is -0.756. The molecule has 4 rings (SSSR count). The Balaban J connectivity index is 1.51. The first-order valence-electron chi connectivity index (χ1n) is 10.9. The van der Waals surface area contributed by atoms with Gasteiger partial charge in [0.05, 0.1) is 0 Å². The maximum Gasteiger partial charge on any atom is 0.345 e. The molecule has 0 radical (unpaired) electrons. The maximum atomic E-state index is 12.5. The van der Waals surface area contributed by atoms with Crippen molar-refractivity contribution in [1.82, 2.24) is 0 Å². The summed E-state index contributed by atoms with van der Waals surface area (Å²) in [7, 11) is -0.0805. The Hall–Kier alpha value is -2.77. The zero-order valence-corrected chi connectivity index (χ0v) is 19.3. The molecule has 1 unspecified atom stereocenters. The highest BCUT2D eigenvalue weighted by Gasteiger charge is 2.34. The average Bonchev–Trinajstić information content (AvgIpc) is 3.10. The van der Waals surface area contributed by atoms with Crippen molar-refractivity contribution in [3.05, 3.63) is 58.5 Å². The van der Waals surface area contributed by atoms with E-state index in [1.54, 1.807) is 0 Å². The molecule has 0 amide bonds. The van der Waals surface area contributed by atoms with E-state index in [1.807, 2.05) is 13.8 Å². The van der Waals surface area contributed by atoms with Gasteiger partial charge < -0.3 is 9.47 Å². The number of carbonyl (C=O) groups is 1. The third-order valence-corrected chi connectivity index (χ3v) is 8.26. The van der Waals surface area contributed by atoms with E-state index in [2.05, 4.69) is 54.6 Å². The van der Waals surface area contributed by atoms with Crippen LogP contribution in [0.25, 0.3) is 15.0 Å². The number of rotatable bonds is 5. The smallest absolute Gasteiger partial charge is 0.345 e. The Kier molecular flexibility index (Phi) is 6.07. The highest BCUT2D eigenvalue weighted by molar-refractivity contribution is 7.43. The summed E-state index contributed by atoms with van der Waals surface area (Å²) in [5, 5.41) is 3.68. The van der Waals surface area contributed by atoms with Gasteiger partial charge in [0, 0.05) is 33.6 Å². The van der Waals surface area contributed by atoms with Gasteiger partial charge in [-0.15, -0.1) is 6.42 Å². The molecule has 160 valence electrons. The van der Waals surface area contributed by atoms with Crippen molar-refractivity contribution >= 4 is 26.5 Å². The van der Waals surface area contributed by atoms with E-state index in [9.17, 15) is 4.79 Å². The molecule has 1 atom stereocenters. The van der Waals surface area contributed by atoms with Crippen LogP contribution in [0.4, 0.5) is 0 Å². The van der Waals surface area contributed by atoms with Gasteiger partial charge >= 0.3 is 5.97 Å². The monoisotopic (exact) mass is 433 g/mol. The van der Waals surface area contributed by atoms with Gasteiger partial charge in [0.15, 0.2) is 21.8 Å². The van der Waals surface area contributed by atoms with Gasteiger partial charge in [-0.05, 0) is 69.7 Å². The maximum absolute atomic E-state index is 12.5. The van der Waals surface area contributed by atoms with Gasteiger partial charge in [0.1, 0.15) is 11.1 Å². The lowest BCUT2D eigenvalue weighted by Gasteiger charge is -2.31. The number of hydrogen-bond acceptors (Lipinski definition) is 3. The standard InChI is InChI=1S/C27H29O3S/c1-5-27(13-9-6-10-14-27)30-25(28)17-29-26-19(2)15-22(16-20(26)3)31-18-21(4)23-11-7-8-12-24(23)31/h1,7-8,11-12,15-16,18H,6,9-10,13-14,17H2,2-4H3/q+1. The van der Waals surface area contributed by atoms with E-state index in [1.165, 1.54) is 20.5 Å². The Labute approximate surface area is 187 Å². The van der Waals surface area contributed by atoms with Gasteiger partial charge in [-0.25, -0.2) is 4.79 Å². The second kappa shape index (κ2) is 8.77. The molecule has 3 aromatic rings. The van der Waals surface area contributed by atoms with E-state index in [0.717, 1.165) is 49.0 Å². The van der Waals surface area contributed by atoms with Crippen LogP contribution in [0.5, 0.6) is 5.75 Å². The second-order valence-corrected chi connectivity index (χ2v) is 10.3.